The molecular weight excluding hydrogens is 326 g/mol. The molecule has 0 amide bonds. The predicted molar refractivity (Wildman–Crippen MR) is 99.9 cm³/mol. The van der Waals surface area contributed by atoms with Gasteiger partial charge in [0.05, 0.1) is 12.7 Å². The summed E-state index contributed by atoms with van der Waals surface area (Å²) in [4.78, 5) is 16.5. The van der Waals surface area contributed by atoms with E-state index < -0.39 is 0 Å². The summed E-state index contributed by atoms with van der Waals surface area (Å²) in [5.74, 6) is 0. The summed E-state index contributed by atoms with van der Waals surface area (Å²) in [6.45, 7) is 1.43. The lowest BCUT2D eigenvalue weighted by Gasteiger charge is -2.27. The second-order valence-corrected chi connectivity index (χ2v) is 6.93. The first-order valence-electron chi connectivity index (χ1n) is 9.00. The van der Waals surface area contributed by atoms with E-state index in [9.17, 15) is 4.79 Å². The summed E-state index contributed by atoms with van der Waals surface area (Å²) in [6, 6.07) is 8.05. The van der Waals surface area contributed by atoms with Gasteiger partial charge in [0.1, 0.15) is 0 Å². The number of aryl methyl sites for hydroxylation is 1. The van der Waals surface area contributed by atoms with Crippen molar-refractivity contribution in [2.75, 3.05) is 0 Å². The molecule has 1 aliphatic rings. The van der Waals surface area contributed by atoms with Gasteiger partial charge in [0.2, 0.25) is 0 Å². The second-order valence-electron chi connectivity index (χ2n) is 6.93. The zero-order chi connectivity index (χ0) is 17.9. The maximum atomic E-state index is 12.4. The van der Waals surface area contributed by atoms with Crippen LogP contribution in [0.1, 0.15) is 28.8 Å². The molecule has 4 rings (SSSR count). The highest BCUT2D eigenvalue weighted by molar-refractivity contribution is 5.27. The van der Waals surface area contributed by atoms with Gasteiger partial charge in [-0.3, -0.25) is 14.5 Å². The molecule has 1 atom stereocenters. The minimum absolute atomic E-state index is 0.0716. The molecule has 1 aliphatic carbocycles. The number of rotatable bonds is 5. The number of nitrogens with one attached hydrogen (secondary N) is 1. The lowest BCUT2D eigenvalue weighted by atomic mass is 9.91. The number of hydrogen-bond acceptors (Lipinski definition) is 4. The van der Waals surface area contributed by atoms with E-state index in [0.29, 0.717) is 12.6 Å². The smallest absolute Gasteiger partial charge is 0.251 e. The van der Waals surface area contributed by atoms with Crippen molar-refractivity contribution in [2.45, 2.75) is 38.4 Å². The van der Waals surface area contributed by atoms with Crippen molar-refractivity contribution >= 4 is 0 Å². The van der Waals surface area contributed by atoms with Crippen LogP contribution in [0.5, 0.6) is 0 Å². The van der Waals surface area contributed by atoms with Crippen molar-refractivity contribution in [2.24, 2.45) is 7.05 Å². The normalized spacial score (nSPS) is 16.4. The molecule has 0 radical (unpaired) electrons. The highest BCUT2D eigenvalue weighted by atomic mass is 16.1. The first-order valence-corrected chi connectivity index (χ1v) is 9.00. The second kappa shape index (κ2) is 7.25. The Balaban J connectivity index is 1.49. The Bertz CT molecular complexity index is 944. The van der Waals surface area contributed by atoms with Crippen LogP contribution in [0, 0.1) is 0 Å². The number of pyridine rings is 2. The van der Waals surface area contributed by atoms with Crippen molar-refractivity contribution < 1.29 is 0 Å². The summed E-state index contributed by atoms with van der Waals surface area (Å²) >= 11 is 0. The number of nitrogens with zero attached hydrogens (tertiary/aromatic N) is 4. The molecule has 3 aromatic heterocycles. The van der Waals surface area contributed by atoms with Crippen LogP contribution >= 0.6 is 0 Å². The van der Waals surface area contributed by atoms with E-state index in [1.807, 2.05) is 46.9 Å². The molecule has 3 heterocycles. The molecule has 0 fully saturated rings. The molecule has 6 nitrogen and oxygen atoms in total. The molecular formula is C20H23N5O. The van der Waals surface area contributed by atoms with Gasteiger partial charge in [-0.1, -0.05) is 6.07 Å². The molecule has 0 unspecified atom stereocenters. The van der Waals surface area contributed by atoms with Crippen molar-refractivity contribution in [1.29, 1.82) is 0 Å². The van der Waals surface area contributed by atoms with E-state index >= 15 is 0 Å². The van der Waals surface area contributed by atoms with Gasteiger partial charge in [-0.25, -0.2) is 0 Å². The van der Waals surface area contributed by atoms with Gasteiger partial charge in [-0.2, -0.15) is 5.10 Å². The van der Waals surface area contributed by atoms with E-state index in [0.717, 1.165) is 31.4 Å². The van der Waals surface area contributed by atoms with Crippen LogP contribution in [0.15, 0.2) is 53.8 Å². The third-order valence-corrected chi connectivity index (χ3v) is 5.03. The van der Waals surface area contributed by atoms with E-state index in [4.69, 9.17) is 0 Å². The largest absolute Gasteiger partial charge is 0.309 e. The summed E-state index contributed by atoms with van der Waals surface area (Å²) in [7, 11) is 1.93. The molecule has 1 N–H and O–H groups in total. The SMILES string of the molecule is Cn1cc(CN[C@H]2CCc3c(ccc(=O)n3Cc3ccncc3)C2)cn1. The van der Waals surface area contributed by atoms with E-state index in [2.05, 4.69) is 15.4 Å². The fourth-order valence-corrected chi connectivity index (χ4v) is 3.67. The Labute approximate surface area is 152 Å². The van der Waals surface area contributed by atoms with Crippen LogP contribution in [0.3, 0.4) is 0 Å². The number of hydrogen-bond donors (Lipinski definition) is 1. The van der Waals surface area contributed by atoms with Crippen LogP contribution in [0.25, 0.3) is 0 Å². The van der Waals surface area contributed by atoms with Gasteiger partial charge >= 0.3 is 0 Å². The summed E-state index contributed by atoms with van der Waals surface area (Å²) < 4.78 is 3.74. The first kappa shape index (κ1) is 16.7. The van der Waals surface area contributed by atoms with E-state index in [-0.39, 0.29) is 5.56 Å². The molecule has 134 valence electrons. The number of fused-ring (bicyclic) bond motifs is 1. The van der Waals surface area contributed by atoms with Gasteiger partial charge in [-0.05, 0) is 42.5 Å². The zero-order valence-electron chi connectivity index (χ0n) is 14.9. The van der Waals surface area contributed by atoms with Gasteiger partial charge in [0.15, 0.2) is 0 Å². The molecule has 0 saturated carbocycles. The summed E-state index contributed by atoms with van der Waals surface area (Å²) in [5, 5.41) is 7.84. The fraction of sp³-hybridized carbons (Fsp3) is 0.350. The third-order valence-electron chi connectivity index (χ3n) is 5.03. The van der Waals surface area contributed by atoms with Crippen LogP contribution in [0.2, 0.25) is 0 Å². The van der Waals surface area contributed by atoms with Gasteiger partial charge in [0, 0.05) is 55.5 Å². The molecule has 0 aromatic carbocycles. The van der Waals surface area contributed by atoms with Crippen LogP contribution in [-0.4, -0.2) is 25.4 Å². The van der Waals surface area contributed by atoms with Crippen molar-refractivity contribution in [3.8, 4) is 0 Å². The molecule has 26 heavy (non-hydrogen) atoms. The topological polar surface area (TPSA) is 64.7 Å². The van der Waals surface area contributed by atoms with Crippen LogP contribution in [0.4, 0.5) is 0 Å². The maximum absolute atomic E-state index is 12.4. The Morgan fingerprint density at radius 2 is 2.04 bits per heavy atom. The van der Waals surface area contributed by atoms with Gasteiger partial charge in [-0.15, -0.1) is 0 Å². The minimum atomic E-state index is 0.0716. The van der Waals surface area contributed by atoms with Gasteiger partial charge in [0.25, 0.3) is 5.56 Å². The minimum Gasteiger partial charge on any atom is -0.309 e. The molecule has 0 bridgehead atoms. The first-order chi connectivity index (χ1) is 12.7. The molecule has 3 aromatic rings. The van der Waals surface area contributed by atoms with E-state index in [1.54, 1.807) is 18.5 Å². The summed E-state index contributed by atoms with van der Waals surface area (Å²) in [5.41, 5.74) is 4.82. The summed E-state index contributed by atoms with van der Waals surface area (Å²) in [6.07, 6.45) is 10.4. The average Bonchev–Trinajstić information content (AvgIpc) is 3.08. The Morgan fingerprint density at radius 1 is 1.19 bits per heavy atom. The quantitative estimate of drug-likeness (QED) is 0.761. The average molecular weight is 349 g/mol. The lowest BCUT2D eigenvalue weighted by Crippen LogP contribution is -2.37. The highest BCUT2D eigenvalue weighted by Gasteiger charge is 2.21. The van der Waals surface area contributed by atoms with Gasteiger partial charge < -0.3 is 9.88 Å². The highest BCUT2D eigenvalue weighted by Crippen LogP contribution is 2.21. The third kappa shape index (κ3) is 3.60. The standard InChI is InChI=1S/C20H23N5O/c1-24-13-16(12-23-24)11-22-18-3-4-19-17(10-18)2-5-20(26)25(19)14-15-6-8-21-9-7-15/h2,5-9,12-13,18,22H,3-4,10-11,14H2,1H3/t18-/m0/s1. The Kier molecular flexibility index (Phi) is 4.67. The van der Waals surface area contributed by atoms with E-state index in [1.165, 1.54) is 16.8 Å². The maximum Gasteiger partial charge on any atom is 0.251 e. The zero-order valence-corrected chi connectivity index (χ0v) is 14.9. The monoisotopic (exact) mass is 349 g/mol. The lowest BCUT2D eigenvalue weighted by molar-refractivity contribution is 0.443. The van der Waals surface area contributed by atoms with Crippen LogP contribution in [-0.2, 0) is 33.0 Å². The number of aromatic nitrogens is 4. The van der Waals surface area contributed by atoms with Crippen molar-refractivity contribution in [3.63, 3.8) is 0 Å². The van der Waals surface area contributed by atoms with Crippen LogP contribution < -0.4 is 10.9 Å². The molecule has 0 saturated heterocycles. The molecule has 6 heteroatoms. The Hall–Kier alpha value is -2.73. The fourth-order valence-electron chi connectivity index (χ4n) is 3.67. The molecule has 0 spiro atoms. The predicted octanol–water partition coefficient (Wildman–Crippen LogP) is 1.67. The molecule has 0 aliphatic heterocycles. The Morgan fingerprint density at radius 3 is 2.81 bits per heavy atom. The van der Waals surface area contributed by atoms with Crippen molar-refractivity contribution in [3.05, 3.63) is 81.8 Å². The van der Waals surface area contributed by atoms with Crippen molar-refractivity contribution in [1.82, 2.24) is 24.6 Å².